The van der Waals surface area contributed by atoms with Crippen LogP contribution in [0.3, 0.4) is 0 Å². The highest BCUT2D eigenvalue weighted by atomic mass is 16.6. The molecule has 3 aromatic carbocycles. The number of fused-ring (bicyclic) bond motifs is 1. The second kappa shape index (κ2) is 15.0. The van der Waals surface area contributed by atoms with Crippen LogP contribution in [-0.2, 0) is 27.4 Å². The van der Waals surface area contributed by atoms with Gasteiger partial charge in [-0.3, -0.25) is 4.57 Å². The fraction of sp³-hybridized carbons (Fsp3) is 0.441. The number of imidazole rings is 1. The summed E-state index contributed by atoms with van der Waals surface area (Å²) in [4.78, 5) is 7.04. The highest BCUT2D eigenvalue weighted by Gasteiger charge is 2.44. The maximum atomic E-state index is 10.8. The average molecular weight is 619 g/mol. The number of aromatic nitrogens is 2. The highest BCUT2D eigenvalue weighted by molar-refractivity contribution is 5.79. The summed E-state index contributed by atoms with van der Waals surface area (Å²) in [5, 5.41) is 34.3. The number of para-hydroxylation sites is 2. The summed E-state index contributed by atoms with van der Waals surface area (Å²) in [6, 6.07) is 23.9. The molecular formula is C34H42N4O7. The molecule has 240 valence electrons. The quantitative estimate of drug-likeness (QED) is 0.156. The van der Waals surface area contributed by atoms with E-state index in [0.717, 1.165) is 54.0 Å². The van der Waals surface area contributed by atoms with Gasteiger partial charge in [0, 0.05) is 26.2 Å². The van der Waals surface area contributed by atoms with Gasteiger partial charge >= 0.3 is 0 Å². The van der Waals surface area contributed by atoms with E-state index in [2.05, 4.69) is 40.5 Å². The summed E-state index contributed by atoms with van der Waals surface area (Å²) < 4.78 is 25.4. The van der Waals surface area contributed by atoms with E-state index in [1.54, 1.807) is 4.57 Å². The SMILES string of the molecule is OC[C@H]1O[C@@H](n2c(NCc3ccc(N4CCOCC4)c(OCCCCOCc4ccccc4)c3)nc3ccccc32)[C@H](O)[C@@H]1O. The number of nitrogens with zero attached hydrogens (tertiary/aromatic N) is 3. The van der Waals surface area contributed by atoms with Crippen molar-refractivity contribution in [2.75, 3.05) is 56.3 Å². The molecule has 1 aromatic heterocycles. The molecule has 2 aliphatic rings. The number of aliphatic hydroxyl groups is 3. The summed E-state index contributed by atoms with van der Waals surface area (Å²) in [7, 11) is 0. The number of hydrogen-bond donors (Lipinski definition) is 4. The lowest BCUT2D eigenvalue weighted by Gasteiger charge is -2.30. The smallest absolute Gasteiger partial charge is 0.206 e. The lowest BCUT2D eigenvalue weighted by molar-refractivity contribution is -0.0499. The molecule has 4 atom stereocenters. The highest BCUT2D eigenvalue weighted by Crippen LogP contribution is 2.36. The van der Waals surface area contributed by atoms with Gasteiger partial charge in [-0.05, 0) is 48.2 Å². The molecule has 11 nitrogen and oxygen atoms in total. The van der Waals surface area contributed by atoms with Crippen LogP contribution in [0.5, 0.6) is 5.75 Å². The van der Waals surface area contributed by atoms with Gasteiger partial charge in [0.25, 0.3) is 0 Å². The van der Waals surface area contributed by atoms with Gasteiger partial charge < -0.3 is 44.5 Å². The normalized spacial score (nSPS) is 21.8. The number of unbranched alkanes of at least 4 members (excludes halogenated alkanes) is 1. The van der Waals surface area contributed by atoms with E-state index >= 15 is 0 Å². The van der Waals surface area contributed by atoms with Crippen molar-refractivity contribution in [2.45, 2.75) is 50.5 Å². The first-order chi connectivity index (χ1) is 22.1. The first-order valence-electron chi connectivity index (χ1n) is 15.7. The Kier molecular flexibility index (Phi) is 10.5. The Bertz CT molecular complexity index is 1510. The zero-order valence-electron chi connectivity index (χ0n) is 25.3. The molecule has 0 amide bonds. The molecule has 45 heavy (non-hydrogen) atoms. The van der Waals surface area contributed by atoms with Crippen LogP contribution < -0.4 is 15.0 Å². The van der Waals surface area contributed by atoms with Crippen molar-refractivity contribution in [3.05, 3.63) is 83.9 Å². The molecule has 2 saturated heterocycles. The standard InChI is InChI=1S/C34H42N4O7/c39-22-30-31(40)32(41)33(45-30)38-27-11-5-4-10-26(27)36-34(38)35-21-25-12-13-28(37-14-18-42-19-15-37)29(20-25)44-17-7-6-16-43-23-24-8-2-1-3-9-24/h1-5,8-13,20,30-33,39-41H,6-7,14-19,21-23H2,(H,35,36)/t30-,31-,32-,33-/m1/s1. The van der Waals surface area contributed by atoms with E-state index in [0.29, 0.717) is 45.5 Å². The van der Waals surface area contributed by atoms with E-state index in [1.807, 2.05) is 42.5 Å². The number of aliphatic hydroxyl groups excluding tert-OH is 3. The molecule has 2 fully saturated rings. The lowest BCUT2D eigenvalue weighted by atomic mass is 10.1. The predicted molar refractivity (Wildman–Crippen MR) is 170 cm³/mol. The van der Waals surface area contributed by atoms with Crippen molar-refractivity contribution < 1.29 is 34.3 Å². The van der Waals surface area contributed by atoms with Crippen molar-refractivity contribution in [1.29, 1.82) is 0 Å². The third-order valence-corrected chi connectivity index (χ3v) is 8.25. The van der Waals surface area contributed by atoms with Crippen molar-refractivity contribution in [3.8, 4) is 5.75 Å². The molecule has 11 heteroatoms. The van der Waals surface area contributed by atoms with Gasteiger partial charge in [0.15, 0.2) is 6.23 Å². The summed E-state index contributed by atoms with van der Waals surface area (Å²) in [5.41, 5.74) is 4.67. The van der Waals surface area contributed by atoms with Crippen LogP contribution >= 0.6 is 0 Å². The van der Waals surface area contributed by atoms with Gasteiger partial charge in [-0.1, -0.05) is 48.5 Å². The third kappa shape index (κ3) is 7.41. The average Bonchev–Trinajstić information content (AvgIpc) is 3.59. The molecule has 0 bridgehead atoms. The fourth-order valence-electron chi connectivity index (χ4n) is 5.80. The van der Waals surface area contributed by atoms with Crippen LogP contribution in [0.1, 0.15) is 30.2 Å². The second-order valence-electron chi connectivity index (χ2n) is 11.4. The van der Waals surface area contributed by atoms with Gasteiger partial charge in [0.05, 0.1) is 49.8 Å². The first kappa shape index (κ1) is 31.3. The Morgan fingerprint density at radius 2 is 1.67 bits per heavy atom. The van der Waals surface area contributed by atoms with Crippen LogP contribution in [0.2, 0.25) is 0 Å². The first-order valence-corrected chi connectivity index (χ1v) is 15.7. The Hall–Kier alpha value is -3.71. The number of anilines is 2. The zero-order valence-corrected chi connectivity index (χ0v) is 25.3. The number of morpholine rings is 1. The van der Waals surface area contributed by atoms with Crippen LogP contribution in [-0.4, -0.2) is 89.3 Å². The van der Waals surface area contributed by atoms with E-state index in [1.165, 1.54) is 5.56 Å². The van der Waals surface area contributed by atoms with E-state index in [9.17, 15) is 15.3 Å². The van der Waals surface area contributed by atoms with E-state index in [4.69, 9.17) is 23.9 Å². The van der Waals surface area contributed by atoms with E-state index < -0.39 is 31.1 Å². The molecule has 6 rings (SSSR count). The molecule has 0 unspecified atom stereocenters. The van der Waals surface area contributed by atoms with Crippen LogP contribution in [0.4, 0.5) is 11.6 Å². The van der Waals surface area contributed by atoms with Crippen molar-refractivity contribution in [3.63, 3.8) is 0 Å². The summed E-state index contributed by atoms with van der Waals surface area (Å²) in [6.07, 6.45) is -2.46. The Balaban J connectivity index is 1.13. The Labute approximate surface area is 262 Å². The molecule has 3 heterocycles. The molecule has 0 spiro atoms. The van der Waals surface area contributed by atoms with Crippen LogP contribution in [0, 0.1) is 0 Å². The summed E-state index contributed by atoms with van der Waals surface area (Å²) in [6.45, 7) is 4.86. The van der Waals surface area contributed by atoms with Crippen molar-refractivity contribution >= 4 is 22.7 Å². The maximum Gasteiger partial charge on any atom is 0.206 e. The third-order valence-electron chi connectivity index (χ3n) is 8.25. The van der Waals surface area contributed by atoms with Crippen molar-refractivity contribution in [2.24, 2.45) is 0 Å². The molecular weight excluding hydrogens is 576 g/mol. The Morgan fingerprint density at radius 1 is 0.889 bits per heavy atom. The number of benzene rings is 3. The number of hydrogen-bond acceptors (Lipinski definition) is 10. The zero-order chi connectivity index (χ0) is 31.0. The Morgan fingerprint density at radius 3 is 2.47 bits per heavy atom. The lowest BCUT2D eigenvalue weighted by Crippen LogP contribution is -2.36. The minimum Gasteiger partial charge on any atom is -0.491 e. The van der Waals surface area contributed by atoms with Crippen molar-refractivity contribution in [1.82, 2.24) is 9.55 Å². The number of ether oxygens (including phenoxy) is 4. The topological polar surface area (TPSA) is 131 Å². The fourth-order valence-corrected chi connectivity index (χ4v) is 5.80. The van der Waals surface area contributed by atoms with Crippen LogP contribution in [0.25, 0.3) is 11.0 Å². The maximum absolute atomic E-state index is 10.8. The largest absolute Gasteiger partial charge is 0.491 e. The number of nitrogens with one attached hydrogen (secondary N) is 1. The molecule has 0 saturated carbocycles. The second-order valence-corrected chi connectivity index (χ2v) is 11.4. The molecule has 4 aromatic rings. The molecule has 0 aliphatic carbocycles. The van der Waals surface area contributed by atoms with Gasteiger partial charge in [-0.25, -0.2) is 4.98 Å². The van der Waals surface area contributed by atoms with Gasteiger partial charge in [-0.15, -0.1) is 0 Å². The van der Waals surface area contributed by atoms with Crippen LogP contribution in [0.15, 0.2) is 72.8 Å². The summed E-state index contributed by atoms with van der Waals surface area (Å²) >= 11 is 0. The predicted octanol–water partition coefficient (Wildman–Crippen LogP) is 3.47. The molecule has 4 N–H and O–H groups in total. The number of rotatable bonds is 14. The molecule has 0 radical (unpaired) electrons. The minimum atomic E-state index is -1.23. The van der Waals surface area contributed by atoms with Gasteiger partial charge in [0.1, 0.15) is 24.1 Å². The van der Waals surface area contributed by atoms with E-state index in [-0.39, 0.29) is 0 Å². The van der Waals surface area contributed by atoms with Gasteiger partial charge in [-0.2, -0.15) is 0 Å². The van der Waals surface area contributed by atoms with Gasteiger partial charge in [0.2, 0.25) is 5.95 Å². The summed E-state index contributed by atoms with van der Waals surface area (Å²) in [5.74, 6) is 1.31. The molecule has 2 aliphatic heterocycles. The monoisotopic (exact) mass is 618 g/mol. The minimum absolute atomic E-state index is 0.400.